The van der Waals surface area contributed by atoms with Crippen LogP contribution in [0.25, 0.3) is 0 Å². The molecule has 2 aromatic carbocycles. The van der Waals surface area contributed by atoms with Gasteiger partial charge in [-0.25, -0.2) is 27.0 Å². The molecule has 2 unspecified atom stereocenters. The number of nitrogens with one attached hydrogen (secondary N) is 1. The number of alkyl carbamates (subject to hydrolysis) is 1. The standard InChI is InChI=1S/C43H59F2N7O5S/c1-30-46-18-23-52(30)43(33-8-5-9-34(44)24-33,37-10-6-11-39(37)47-42(54)57-4)32-15-20-50(21-16-32)26-31-27-51(28-31)40-14-13-35(25-38(40)45)58(55,56)36-17-22-49(29-36)19-7-12-41(53)48(2)3/h5,7-9,12-14,18,23-25,31-32,36-37,39,41,53H,6,10-11,15-17,19-22,26-29H2,1-4H3,(H,47,54)/b12-7+/t36-,37-,39-,41?,43?/m0/s1. The van der Waals surface area contributed by atoms with E-state index in [4.69, 9.17) is 4.74 Å². The quantitative estimate of drug-likeness (QED) is 0.172. The van der Waals surface area contributed by atoms with E-state index in [0.29, 0.717) is 50.7 Å². The van der Waals surface area contributed by atoms with Crippen molar-refractivity contribution >= 4 is 21.6 Å². The summed E-state index contributed by atoms with van der Waals surface area (Å²) >= 11 is 0. The summed E-state index contributed by atoms with van der Waals surface area (Å²) in [6.45, 7) is 7.44. The third-order valence-electron chi connectivity index (χ3n) is 13.2. The van der Waals surface area contributed by atoms with Crippen LogP contribution in [-0.2, 0) is 20.1 Å². The zero-order chi connectivity index (χ0) is 41.2. The van der Waals surface area contributed by atoms with Gasteiger partial charge in [-0.15, -0.1) is 0 Å². The largest absolute Gasteiger partial charge is 0.453 e. The van der Waals surface area contributed by atoms with Gasteiger partial charge in [0.15, 0.2) is 9.84 Å². The molecule has 15 heteroatoms. The molecule has 316 valence electrons. The number of carbonyl (C=O) groups excluding carboxylic acids is 1. The van der Waals surface area contributed by atoms with Crippen LogP contribution in [0.15, 0.2) is 71.9 Å². The number of likely N-dealkylation sites (N-methyl/N-ethyl adjacent to an activating group) is 1. The number of amides is 1. The number of imidazole rings is 1. The number of methoxy groups -OCH3 is 1. The molecule has 3 aliphatic heterocycles. The third-order valence-corrected chi connectivity index (χ3v) is 15.4. The molecule has 4 heterocycles. The van der Waals surface area contributed by atoms with Crippen LogP contribution in [0.2, 0.25) is 0 Å². The van der Waals surface area contributed by atoms with Gasteiger partial charge < -0.3 is 29.5 Å². The van der Waals surface area contributed by atoms with Gasteiger partial charge in [-0.1, -0.05) is 24.6 Å². The Hall–Kier alpha value is -3.89. The van der Waals surface area contributed by atoms with Crippen molar-refractivity contribution in [3.63, 3.8) is 0 Å². The first-order valence-electron chi connectivity index (χ1n) is 20.7. The van der Waals surface area contributed by atoms with Gasteiger partial charge in [-0.3, -0.25) is 9.80 Å². The Morgan fingerprint density at radius 3 is 2.48 bits per heavy atom. The SMILES string of the molecule is COC(=O)N[C@H]1CCC[C@@H]1C(c1cccc(F)c1)(C1CCN(CC2CN(c3ccc(S(=O)(=O)[C@H]4CCN(C/C=C/C(O)N(C)C)C4)cc3F)C2)CC1)n1ccnc1C. The Bertz CT molecular complexity index is 2030. The average Bonchev–Trinajstić information content (AvgIpc) is 3.97. The molecule has 2 N–H and O–H groups in total. The van der Waals surface area contributed by atoms with Gasteiger partial charge in [-0.2, -0.15) is 0 Å². The number of nitrogens with zero attached hydrogens (tertiary/aromatic N) is 6. The van der Waals surface area contributed by atoms with Crippen molar-refractivity contribution in [1.82, 2.24) is 29.6 Å². The number of halogens is 2. The number of likely N-dealkylation sites (tertiary alicyclic amines) is 2. The molecule has 3 saturated heterocycles. The highest BCUT2D eigenvalue weighted by atomic mass is 32.2. The number of sulfone groups is 1. The number of piperidine rings is 1. The van der Waals surface area contributed by atoms with Crippen LogP contribution in [0.4, 0.5) is 19.3 Å². The first-order chi connectivity index (χ1) is 27.8. The molecule has 1 amide bonds. The van der Waals surface area contributed by atoms with Crippen LogP contribution in [0.3, 0.4) is 0 Å². The van der Waals surface area contributed by atoms with Gasteiger partial charge in [0.25, 0.3) is 0 Å². The van der Waals surface area contributed by atoms with Gasteiger partial charge in [-0.05, 0) is 121 Å². The molecular weight excluding hydrogens is 765 g/mol. The van der Waals surface area contributed by atoms with Crippen LogP contribution in [-0.4, -0.2) is 135 Å². The van der Waals surface area contributed by atoms with Crippen LogP contribution in [0.5, 0.6) is 0 Å². The Balaban J connectivity index is 0.986. The average molecular weight is 824 g/mol. The number of aliphatic hydroxyl groups is 1. The third kappa shape index (κ3) is 8.56. The predicted molar refractivity (Wildman–Crippen MR) is 219 cm³/mol. The van der Waals surface area contributed by atoms with Gasteiger partial charge in [0, 0.05) is 63.0 Å². The Morgan fingerprint density at radius 1 is 1.05 bits per heavy atom. The molecule has 58 heavy (non-hydrogen) atoms. The maximum absolute atomic E-state index is 15.6. The summed E-state index contributed by atoms with van der Waals surface area (Å²) in [5.74, 6) is 0.484. The van der Waals surface area contributed by atoms with Crippen molar-refractivity contribution in [2.75, 3.05) is 78.5 Å². The van der Waals surface area contributed by atoms with Crippen LogP contribution < -0.4 is 10.2 Å². The first kappa shape index (κ1) is 42.2. The number of benzene rings is 2. The molecule has 0 spiro atoms. The van der Waals surface area contributed by atoms with Crippen LogP contribution in [0.1, 0.15) is 49.9 Å². The van der Waals surface area contributed by atoms with Gasteiger partial charge >= 0.3 is 6.09 Å². The normalized spacial score (nSPS) is 24.3. The summed E-state index contributed by atoms with van der Waals surface area (Å²) in [6, 6.07) is 11.1. The van der Waals surface area contributed by atoms with Crippen molar-refractivity contribution in [2.45, 2.75) is 73.4 Å². The van der Waals surface area contributed by atoms with Gasteiger partial charge in [0.1, 0.15) is 23.7 Å². The highest BCUT2D eigenvalue weighted by molar-refractivity contribution is 7.92. The summed E-state index contributed by atoms with van der Waals surface area (Å²) in [6.07, 6.45) is 11.0. The molecule has 1 saturated carbocycles. The molecular formula is C43H59F2N7O5S. The van der Waals surface area contributed by atoms with Crippen LogP contribution in [0, 0.1) is 36.3 Å². The van der Waals surface area contributed by atoms with E-state index in [1.807, 2.05) is 35.1 Å². The van der Waals surface area contributed by atoms with E-state index in [2.05, 4.69) is 19.8 Å². The van der Waals surface area contributed by atoms with Crippen molar-refractivity contribution in [3.8, 4) is 0 Å². The highest BCUT2D eigenvalue weighted by Crippen LogP contribution is 2.52. The number of ether oxygens (including phenoxy) is 1. The Morgan fingerprint density at radius 2 is 1.81 bits per heavy atom. The van der Waals surface area contributed by atoms with E-state index in [9.17, 15) is 18.3 Å². The summed E-state index contributed by atoms with van der Waals surface area (Å²) in [5, 5.41) is 12.5. The predicted octanol–water partition coefficient (Wildman–Crippen LogP) is 4.87. The van der Waals surface area contributed by atoms with Crippen molar-refractivity contribution in [1.29, 1.82) is 0 Å². The van der Waals surface area contributed by atoms with Crippen molar-refractivity contribution < 1.29 is 31.8 Å². The monoisotopic (exact) mass is 823 g/mol. The van der Waals surface area contributed by atoms with E-state index in [-0.39, 0.29) is 28.6 Å². The maximum atomic E-state index is 15.6. The van der Waals surface area contributed by atoms with E-state index in [1.165, 1.54) is 19.2 Å². The summed E-state index contributed by atoms with van der Waals surface area (Å²) in [7, 11) is 1.21. The molecule has 4 fully saturated rings. The number of aromatic nitrogens is 2. The van der Waals surface area contributed by atoms with E-state index >= 15 is 8.78 Å². The van der Waals surface area contributed by atoms with Crippen molar-refractivity contribution in [2.24, 2.45) is 17.8 Å². The minimum atomic E-state index is -3.71. The Kier molecular flexibility index (Phi) is 12.9. The summed E-state index contributed by atoms with van der Waals surface area (Å²) < 4.78 is 65.0. The lowest BCUT2D eigenvalue weighted by molar-refractivity contribution is 0.0457. The van der Waals surface area contributed by atoms with Gasteiger partial charge in [0.05, 0.1) is 28.5 Å². The molecule has 3 aromatic rings. The number of hydrogen-bond donors (Lipinski definition) is 2. The fraction of sp³-hybridized carbons (Fsp3) is 0.581. The highest BCUT2D eigenvalue weighted by Gasteiger charge is 2.54. The molecule has 5 atom stereocenters. The maximum Gasteiger partial charge on any atom is 0.407 e. The second-order valence-corrected chi connectivity index (χ2v) is 19.2. The summed E-state index contributed by atoms with van der Waals surface area (Å²) in [5.41, 5.74) is 0.668. The first-order valence-corrected chi connectivity index (χ1v) is 22.2. The number of aliphatic hydroxyl groups excluding tert-OH is 1. The molecule has 1 aromatic heterocycles. The lowest BCUT2D eigenvalue weighted by Crippen LogP contribution is -2.58. The lowest BCUT2D eigenvalue weighted by Gasteiger charge is -2.52. The minimum Gasteiger partial charge on any atom is -0.453 e. The number of carbonyl (C=O) groups is 1. The zero-order valence-electron chi connectivity index (χ0n) is 34.1. The summed E-state index contributed by atoms with van der Waals surface area (Å²) in [4.78, 5) is 25.4. The zero-order valence-corrected chi connectivity index (χ0v) is 35.0. The fourth-order valence-electron chi connectivity index (χ4n) is 10.3. The lowest BCUT2D eigenvalue weighted by atomic mass is 9.64. The van der Waals surface area contributed by atoms with Crippen molar-refractivity contribution in [3.05, 3.63) is 90.0 Å². The number of rotatable bonds is 14. The smallest absolute Gasteiger partial charge is 0.407 e. The fourth-order valence-corrected chi connectivity index (χ4v) is 12.0. The van der Waals surface area contributed by atoms with E-state index in [0.717, 1.165) is 63.1 Å². The second-order valence-electron chi connectivity index (χ2n) is 16.9. The topological polar surface area (TPSA) is 123 Å². The van der Waals surface area contributed by atoms with Crippen LogP contribution >= 0.6 is 0 Å². The molecule has 0 bridgehead atoms. The minimum absolute atomic E-state index is 0.0153. The molecule has 4 aliphatic rings. The second kappa shape index (κ2) is 17.8. The molecule has 12 nitrogen and oxygen atoms in total. The number of anilines is 1. The Labute approximate surface area is 341 Å². The van der Waals surface area contributed by atoms with E-state index in [1.54, 1.807) is 55.5 Å². The number of aryl methyl sites for hydroxylation is 1. The molecule has 0 radical (unpaired) electrons. The molecule has 1 aliphatic carbocycles. The van der Waals surface area contributed by atoms with E-state index < -0.39 is 38.8 Å². The number of hydrogen-bond acceptors (Lipinski definition) is 10. The van der Waals surface area contributed by atoms with Gasteiger partial charge in [0.2, 0.25) is 0 Å². The molecule has 7 rings (SSSR count).